The third-order valence-electron chi connectivity index (χ3n) is 6.49. The van der Waals surface area contributed by atoms with Crippen LogP contribution in [0.4, 0.5) is 0 Å². The number of carbonyl (C=O) groups excluding carboxylic acids is 1. The second kappa shape index (κ2) is 12.2. The molecule has 8 nitrogen and oxygen atoms in total. The summed E-state index contributed by atoms with van der Waals surface area (Å²) >= 11 is 13.4. The Balaban J connectivity index is 1.64. The first-order valence-electron chi connectivity index (χ1n) is 13.2. The molecule has 42 heavy (non-hydrogen) atoms. The highest BCUT2D eigenvalue weighted by atomic mass is 35.5. The predicted molar refractivity (Wildman–Crippen MR) is 163 cm³/mol. The third kappa shape index (κ3) is 5.77. The standard InChI is InChI=1S/C31H28Cl2N2O6S/c1-6-39-30(37)27-17(4)34-31-35(28(27)19-8-11-24(40-16(2)3)25(14-19)38-5)29(36)26(42-31)15-20-9-12-23(41-20)18-7-10-21(32)22(33)13-18/h7-16,28H,6H2,1-5H3/b26-15+/t28-/m1/s1. The summed E-state index contributed by atoms with van der Waals surface area (Å²) in [6.45, 7) is 7.48. The summed E-state index contributed by atoms with van der Waals surface area (Å²) in [6.07, 6.45) is 1.59. The van der Waals surface area contributed by atoms with Crippen LogP contribution in [0.5, 0.6) is 11.5 Å². The molecule has 1 aliphatic rings. The second-order valence-electron chi connectivity index (χ2n) is 9.71. The van der Waals surface area contributed by atoms with E-state index in [4.69, 9.17) is 41.8 Å². The first kappa shape index (κ1) is 29.7. The number of rotatable bonds is 8. The van der Waals surface area contributed by atoms with Crippen LogP contribution in [-0.2, 0) is 9.53 Å². The Bertz CT molecular complexity index is 1890. The molecule has 0 radical (unpaired) electrons. The van der Waals surface area contributed by atoms with Crippen molar-refractivity contribution in [1.29, 1.82) is 0 Å². The molecule has 0 saturated carbocycles. The summed E-state index contributed by atoms with van der Waals surface area (Å²) in [5.41, 5.74) is 1.81. The van der Waals surface area contributed by atoms with Gasteiger partial charge in [-0.05, 0) is 75.7 Å². The topological polar surface area (TPSA) is 92.3 Å². The maximum atomic E-state index is 13.9. The van der Waals surface area contributed by atoms with Gasteiger partial charge in [0.1, 0.15) is 11.5 Å². The lowest BCUT2D eigenvalue weighted by atomic mass is 9.95. The van der Waals surface area contributed by atoms with E-state index in [-0.39, 0.29) is 23.8 Å². The molecule has 3 heterocycles. The monoisotopic (exact) mass is 626 g/mol. The molecule has 0 bridgehead atoms. The minimum atomic E-state index is -0.798. The Kier molecular flexibility index (Phi) is 8.63. The third-order valence-corrected chi connectivity index (χ3v) is 8.21. The van der Waals surface area contributed by atoms with Crippen LogP contribution in [0.3, 0.4) is 0 Å². The molecule has 0 saturated heterocycles. The van der Waals surface area contributed by atoms with Crippen LogP contribution in [0.25, 0.3) is 17.4 Å². The van der Waals surface area contributed by atoms with Gasteiger partial charge in [-0.2, -0.15) is 0 Å². The lowest BCUT2D eigenvalue weighted by Gasteiger charge is -2.25. The molecule has 4 aromatic rings. The number of allylic oxidation sites excluding steroid dienone is 1. The van der Waals surface area contributed by atoms with E-state index < -0.39 is 12.0 Å². The smallest absolute Gasteiger partial charge is 0.338 e. The number of ether oxygens (including phenoxy) is 3. The van der Waals surface area contributed by atoms with Crippen LogP contribution in [-0.4, -0.2) is 30.4 Å². The minimum absolute atomic E-state index is 0.0709. The zero-order valence-corrected chi connectivity index (χ0v) is 25.9. The second-order valence-corrected chi connectivity index (χ2v) is 11.5. The first-order chi connectivity index (χ1) is 20.1. The van der Waals surface area contributed by atoms with E-state index >= 15 is 0 Å². The number of methoxy groups -OCH3 is 1. The average molecular weight is 628 g/mol. The highest BCUT2D eigenvalue weighted by molar-refractivity contribution is 7.07. The fraction of sp³-hybridized carbons (Fsp3) is 0.258. The summed E-state index contributed by atoms with van der Waals surface area (Å²) in [5.74, 6) is 1.53. The molecule has 0 unspecified atom stereocenters. The molecule has 2 aromatic carbocycles. The quantitative estimate of drug-likeness (QED) is 0.217. The van der Waals surface area contributed by atoms with E-state index in [0.717, 1.165) is 5.56 Å². The van der Waals surface area contributed by atoms with Crippen LogP contribution >= 0.6 is 34.5 Å². The minimum Gasteiger partial charge on any atom is -0.493 e. The molecule has 1 atom stereocenters. The van der Waals surface area contributed by atoms with E-state index in [9.17, 15) is 9.59 Å². The van der Waals surface area contributed by atoms with Crippen LogP contribution in [0.15, 0.2) is 74.0 Å². The maximum absolute atomic E-state index is 13.9. The molecular formula is C31H28Cl2N2O6S. The van der Waals surface area contributed by atoms with Gasteiger partial charge in [-0.15, -0.1) is 0 Å². The van der Waals surface area contributed by atoms with Gasteiger partial charge < -0.3 is 18.6 Å². The van der Waals surface area contributed by atoms with Gasteiger partial charge in [0.2, 0.25) is 0 Å². The number of esters is 1. The van der Waals surface area contributed by atoms with Gasteiger partial charge in [0.15, 0.2) is 16.3 Å². The van der Waals surface area contributed by atoms with Gasteiger partial charge in [0, 0.05) is 11.6 Å². The van der Waals surface area contributed by atoms with Crippen molar-refractivity contribution in [2.75, 3.05) is 13.7 Å². The summed E-state index contributed by atoms with van der Waals surface area (Å²) in [6, 6.07) is 13.3. The number of fused-ring (bicyclic) bond motifs is 1. The molecule has 0 aliphatic carbocycles. The molecule has 1 aliphatic heterocycles. The normalized spacial score (nSPS) is 15.0. The molecule has 0 fully saturated rings. The molecule has 5 rings (SSSR count). The van der Waals surface area contributed by atoms with Gasteiger partial charge in [-0.3, -0.25) is 9.36 Å². The summed E-state index contributed by atoms with van der Waals surface area (Å²) in [4.78, 5) is 32.2. The van der Waals surface area contributed by atoms with Gasteiger partial charge in [0.25, 0.3) is 5.56 Å². The number of carbonyl (C=O) groups is 1. The molecule has 0 N–H and O–H groups in total. The van der Waals surface area contributed by atoms with Crippen LogP contribution in [0.2, 0.25) is 10.0 Å². The van der Waals surface area contributed by atoms with Crippen molar-refractivity contribution >= 4 is 46.6 Å². The van der Waals surface area contributed by atoms with Crippen molar-refractivity contribution in [2.24, 2.45) is 4.99 Å². The van der Waals surface area contributed by atoms with E-state index in [1.54, 1.807) is 69.5 Å². The van der Waals surface area contributed by atoms with Gasteiger partial charge in [-0.1, -0.05) is 40.6 Å². The fourth-order valence-corrected chi connectivity index (χ4v) is 6.00. The zero-order chi connectivity index (χ0) is 30.1. The van der Waals surface area contributed by atoms with Crippen molar-refractivity contribution in [3.8, 4) is 22.8 Å². The van der Waals surface area contributed by atoms with Crippen LogP contribution in [0.1, 0.15) is 45.1 Å². The summed E-state index contributed by atoms with van der Waals surface area (Å²) < 4.78 is 24.8. The van der Waals surface area contributed by atoms with Crippen molar-refractivity contribution < 1.29 is 23.4 Å². The van der Waals surface area contributed by atoms with Crippen LogP contribution < -0.4 is 24.4 Å². The summed E-state index contributed by atoms with van der Waals surface area (Å²) in [7, 11) is 1.54. The Morgan fingerprint density at radius 1 is 1.12 bits per heavy atom. The first-order valence-corrected chi connectivity index (χ1v) is 14.8. The molecule has 218 valence electrons. The van der Waals surface area contributed by atoms with Crippen molar-refractivity contribution in [3.63, 3.8) is 0 Å². The summed E-state index contributed by atoms with van der Waals surface area (Å²) in [5, 5.41) is 0.855. The highest BCUT2D eigenvalue weighted by Crippen LogP contribution is 2.36. The van der Waals surface area contributed by atoms with Crippen molar-refractivity contribution in [1.82, 2.24) is 4.57 Å². The number of halogens is 2. The SMILES string of the molecule is CCOC(=O)C1=C(C)N=c2s/c(=C/c3ccc(-c4ccc(Cl)c(Cl)c4)o3)c(=O)n2[C@@H]1c1ccc(OC(C)C)c(OC)c1. The zero-order valence-electron chi connectivity index (χ0n) is 23.6. The number of nitrogens with zero attached hydrogens (tertiary/aromatic N) is 2. The number of benzene rings is 2. The van der Waals surface area contributed by atoms with E-state index in [1.165, 1.54) is 15.9 Å². The number of thiazole rings is 1. The molecule has 2 aromatic heterocycles. The van der Waals surface area contributed by atoms with Gasteiger partial charge in [0.05, 0.1) is 51.7 Å². The largest absolute Gasteiger partial charge is 0.493 e. The molecular weight excluding hydrogens is 599 g/mol. The maximum Gasteiger partial charge on any atom is 0.338 e. The molecule has 0 amide bonds. The molecule has 11 heteroatoms. The Labute approximate surface area is 256 Å². The Morgan fingerprint density at radius 3 is 2.60 bits per heavy atom. The van der Waals surface area contributed by atoms with Gasteiger partial charge >= 0.3 is 5.97 Å². The van der Waals surface area contributed by atoms with E-state index in [0.29, 0.717) is 53.7 Å². The molecule has 0 spiro atoms. The highest BCUT2D eigenvalue weighted by Gasteiger charge is 2.34. The van der Waals surface area contributed by atoms with Gasteiger partial charge in [-0.25, -0.2) is 9.79 Å². The average Bonchev–Trinajstić information content (AvgIpc) is 3.53. The fourth-order valence-electron chi connectivity index (χ4n) is 4.68. The number of aromatic nitrogens is 1. The lowest BCUT2D eigenvalue weighted by Crippen LogP contribution is -2.40. The van der Waals surface area contributed by atoms with E-state index in [2.05, 4.69) is 4.99 Å². The number of hydrogen-bond acceptors (Lipinski definition) is 8. The number of furan rings is 1. The predicted octanol–water partition coefficient (Wildman–Crippen LogP) is 6.16. The Morgan fingerprint density at radius 2 is 1.90 bits per heavy atom. The lowest BCUT2D eigenvalue weighted by molar-refractivity contribution is -0.139. The van der Waals surface area contributed by atoms with Crippen LogP contribution in [0, 0.1) is 0 Å². The Hall–Kier alpha value is -3.79. The van der Waals surface area contributed by atoms with E-state index in [1.807, 2.05) is 19.9 Å². The van der Waals surface area contributed by atoms with Crippen molar-refractivity contribution in [2.45, 2.75) is 39.8 Å². The number of hydrogen-bond donors (Lipinski definition) is 0. The van der Waals surface area contributed by atoms with Crippen molar-refractivity contribution in [3.05, 3.63) is 101 Å².